The molecule has 0 aliphatic carbocycles. The van der Waals surface area contributed by atoms with E-state index < -0.39 is 0 Å². The Balaban J connectivity index is 2.25. The van der Waals surface area contributed by atoms with Gasteiger partial charge >= 0.3 is 0 Å². The Morgan fingerprint density at radius 2 is 1.76 bits per heavy atom. The highest BCUT2D eigenvalue weighted by Gasteiger charge is 2.14. The quantitative estimate of drug-likeness (QED) is 0.844. The summed E-state index contributed by atoms with van der Waals surface area (Å²) >= 11 is 0. The summed E-state index contributed by atoms with van der Waals surface area (Å²) in [6, 6.07) is 13.3. The van der Waals surface area contributed by atoms with Crippen LogP contribution in [0.5, 0.6) is 17.2 Å². The van der Waals surface area contributed by atoms with Crippen molar-refractivity contribution in [3.63, 3.8) is 0 Å². The number of rotatable bonds is 6. The van der Waals surface area contributed by atoms with Crippen molar-refractivity contribution < 1.29 is 14.6 Å². The summed E-state index contributed by atoms with van der Waals surface area (Å²) in [6.07, 6.45) is 0.896. The van der Waals surface area contributed by atoms with E-state index in [1.165, 1.54) is 7.11 Å². The first-order valence-electron chi connectivity index (χ1n) is 6.96. The van der Waals surface area contributed by atoms with Gasteiger partial charge in [-0.25, -0.2) is 0 Å². The fourth-order valence-electron chi connectivity index (χ4n) is 2.33. The second-order valence-electron chi connectivity index (χ2n) is 4.73. The minimum Gasteiger partial charge on any atom is -0.504 e. The van der Waals surface area contributed by atoms with Crippen LogP contribution in [0, 0.1) is 0 Å². The van der Waals surface area contributed by atoms with Gasteiger partial charge in [-0.1, -0.05) is 25.1 Å². The van der Waals surface area contributed by atoms with Crippen LogP contribution >= 0.6 is 0 Å². The van der Waals surface area contributed by atoms with Gasteiger partial charge in [0.05, 0.1) is 20.3 Å². The molecule has 0 spiro atoms. The molecule has 0 aromatic heterocycles. The number of aromatic hydroxyl groups is 1. The molecule has 0 saturated heterocycles. The maximum atomic E-state index is 9.86. The summed E-state index contributed by atoms with van der Waals surface area (Å²) in [4.78, 5) is 0. The minimum atomic E-state index is 0.106. The summed E-state index contributed by atoms with van der Waals surface area (Å²) in [5.41, 5.74) is 1.93. The minimum absolute atomic E-state index is 0.106. The van der Waals surface area contributed by atoms with Crippen molar-refractivity contribution in [2.75, 3.05) is 19.5 Å². The SMILES string of the molecule is CCC(Nc1ccc(OC)c(O)c1)c1ccccc1OC. The number of hydrogen-bond acceptors (Lipinski definition) is 4. The average molecular weight is 287 g/mol. The number of methoxy groups -OCH3 is 2. The number of benzene rings is 2. The van der Waals surface area contributed by atoms with E-state index >= 15 is 0 Å². The first-order chi connectivity index (χ1) is 10.2. The van der Waals surface area contributed by atoms with Gasteiger partial charge in [0.15, 0.2) is 11.5 Å². The molecule has 0 saturated carbocycles. The molecule has 0 fully saturated rings. The van der Waals surface area contributed by atoms with E-state index in [9.17, 15) is 5.11 Å². The molecule has 0 aliphatic rings. The Kier molecular flexibility index (Phi) is 4.93. The third-order valence-electron chi connectivity index (χ3n) is 3.44. The molecule has 4 nitrogen and oxygen atoms in total. The van der Waals surface area contributed by atoms with Crippen molar-refractivity contribution in [3.05, 3.63) is 48.0 Å². The molecular formula is C17H21NO3. The van der Waals surface area contributed by atoms with Crippen LogP contribution in [0.1, 0.15) is 24.9 Å². The fraction of sp³-hybridized carbons (Fsp3) is 0.294. The molecule has 2 rings (SSSR count). The van der Waals surface area contributed by atoms with Crippen LogP contribution in [-0.4, -0.2) is 19.3 Å². The van der Waals surface area contributed by atoms with Crippen molar-refractivity contribution >= 4 is 5.69 Å². The molecule has 0 aliphatic heterocycles. The van der Waals surface area contributed by atoms with Gasteiger partial charge < -0.3 is 19.9 Å². The summed E-state index contributed by atoms with van der Waals surface area (Å²) in [5.74, 6) is 1.44. The summed E-state index contributed by atoms with van der Waals surface area (Å²) in [5, 5.41) is 13.3. The summed E-state index contributed by atoms with van der Waals surface area (Å²) in [6.45, 7) is 2.10. The smallest absolute Gasteiger partial charge is 0.160 e. The highest BCUT2D eigenvalue weighted by atomic mass is 16.5. The monoisotopic (exact) mass is 287 g/mol. The van der Waals surface area contributed by atoms with Gasteiger partial charge in [-0.2, -0.15) is 0 Å². The number of hydrogen-bond donors (Lipinski definition) is 2. The van der Waals surface area contributed by atoms with Crippen molar-refractivity contribution in [2.24, 2.45) is 0 Å². The molecule has 0 bridgehead atoms. The van der Waals surface area contributed by atoms with Gasteiger partial charge in [-0.3, -0.25) is 0 Å². The zero-order valence-electron chi connectivity index (χ0n) is 12.6. The van der Waals surface area contributed by atoms with Crippen molar-refractivity contribution in [1.82, 2.24) is 0 Å². The van der Waals surface area contributed by atoms with Crippen LogP contribution in [0.4, 0.5) is 5.69 Å². The first-order valence-corrected chi connectivity index (χ1v) is 6.96. The zero-order valence-corrected chi connectivity index (χ0v) is 12.6. The molecular weight excluding hydrogens is 266 g/mol. The normalized spacial score (nSPS) is 11.8. The molecule has 2 N–H and O–H groups in total. The van der Waals surface area contributed by atoms with Gasteiger partial charge in [-0.15, -0.1) is 0 Å². The Labute approximate surface area is 125 Å². The summed E-state index contributed by atoms with van der Waals surface area (Å²) < 4.78 is 10.5. The average Bonchev–Trinajstić information content (AvgIpc) is 2.52. The lowest BCUT2D eigenvalue weighted by molar-refractivity contribution is 0.373. The van der Waals surface area contributed by atoms with Gasteiger partial charge in [0, 0.05) is 17.3 Å². The Morgan fingerprint density at radius 1 is 1.05 bits per heavy atom. The van der Waals surface area contributed by atoms with Crippen molar-refractivity contribution in [3.8, 4) is 17.2 Å². The lowest BCUT2D eigenvalue weighted by Gasteiger charge is -2.21. The van der Waals surface area contributed by atoms with E-state index in [-0.39, 0.29) is 11.8 Å². The standard InChI is InChI=1S/C17H21NO3/c1-4-14(13-7-5-6-8-16(13)20-2)18-12-9-10-17(21-3)15(19)11-12/h5-11,14,18-19H,4H2,1-3H3. The Morgan fingerprint density at radius 3 is 2.38 bits per heavy atom. The Hall–Kier alpha value is -2.36. The molecule has 0 heterocycles. The van der Waals surface area contributed by atoms with E-state index in [4.69, 9.17) is 9.47 Å². The predicted octanol–water partition coefficient (Wildman–Crippen LogP) is 3.97. The molecule has 1 atom stereocenters. The van der Waals surface area contributed by atoms with Crippen molar-refractivity contribution in [1.29, 1.82) is 0 Å². The molecule has 0 radical (unpaired) electrons. The number of ether oxygens (including phenoxy) is 2. The number of anilines is 1. The molecule has 21 heavy (non-hydrogen) atoms. The second kappa shape index (κ2) is 6.88. The number of phenols is 1. The van der Waals surface area contributed by atoms with Crippen LogP contribution in [-0.2, 0) is 0 Å². The maximum Gasteiger partial charge on any atom is 0.160 e. The highest BCUT2D eigenvalue weighted by molar-refractivity contribution is 5.55. The van der Waals surface area contributed by atoms with E-state index in [0.717, 1.165) is 23.4 Å². The third-order valence-corrected chi connectivity index (χ3v) is 3.44. The third kappa shape index (κ3) is 3.40. The van der Waals surface area contributed by atoms with E-state index in [2.05, 4.69) is 12.2 Å². The number of phenolic OH excluding ortho intramolecular Hbond substituents is 1. The molecule has 2 aromatic rings. The first kappa shape index (κ1) is 15.0. The molecule has 112 valence electrons. The van der Waals surface area contributed by atoms with Crippen LogP contribution in [0.3, 0.4) is 0 Å². The zero-order chi connectivity index (χ0) is 15.2. The highest BCUT2D eigenvalue weighted by Crippen LogP contribution is 2.33. The molecule has 4 heteroatoms. The van der Waals surface area contributed by atoms with Gasteiger partial charge in [0.1, 0.15) is 5.75 Å². The van der Waals surface area contributed by atoms with Gasteiger partial charge in [0.2, 0.25) is 0 Å². The maximum absolute atomic E-state index is 9.86. The van der Waals surface area contributed by atoms with Crippen LogP contribution in [0.15, 0.2) is 42.5 Å². The van der Waals surface area contributed by atoms with Crippen molar-refractivity contribution in [2.45, 2.75) is 19.4 Å². The van der Waals surface area contributed by atoms with E-state index in [1.807, 2.05) is 30.3 Å². The number of para-hydroxylation sites is 1. The molecule has 1 unspecified atom stereocenters. The van der Waals surface area contributed by atoms with E-state index in [1.54, 1.807) is 19.2 Å². The lowest BCUT2D eigenvalue weighted by atomic mass is 10.0. The second-order valence-corrected chi connectivity index (χ2v) is 4.73. The fourth-order valence-corrected chi connectivity index (χ4v) is 2.33. The molecule has 0 amide bonds. The lowest BCUT2D eigenvalue weighted by Crippen LogP contribution is -2.11. The number of nitrogens with one attached hydrogen (secondary N) is 1. The van der Waals surface area contributed by atoms with Crippen LogP contribution in [0.25, 0.3) is 0 Å². The largest absolute Gasteiger partial charge is 0.504 e. The molecule has 2 aromatic carbocycles. The van der Waals surface area contributed by atoms with Gasteiger partial charge in [-0.05, 0) is 24.6 Å². The van der Waals surface area contributed by atoms with Crippen LogP contribution in [0.2, 0.25) is 0 Å². The van der Waals surface area contributed by atoms with E-state index in [0.29, 0.717) is 5.75 Å². The van der Waals surface area contributed by atoms with Crippen LogP contribution < -0.4 is 14.8 Å². The topological polar surface area (TPSA) is 50.7 Å². The van der Waals surface area contributed by atoms with Gasteiger partial charge in [0.25, 0.3) is 0 Å². The summed E-state index contributed by atoms with van der Waals surface area (Å²) in [7, 11) is 3.20. The predicted molar refractivity (Wildman–Crippen MR) is 84.3 cm³/mol. The Bertz CT molecular complexity index is 598.